The van der Waals surface area contributed by atoms with Gasteiger partial charge in [-0.2, -0.15) is 0 Å². The molecule has 0 aliphatic heterocycles. The van der Waals surface area contributed by atoms with E-state index in [1.807, 2.05) is 0 Å². The standard InChI is InChI=1S/C21H20O8/c1-2-19(14(11-20(26)27)13-5-7-16(23)18(25)10-13)29-21(28)8-4-12-3-6-15(22)17(24)9-12/h3-11,19,22-25H,2H2,1H3,(H,26,27)/p-1/b8-4+,14-11+. The lowest BCUT2D eigenvalue weighted by Crippen LogP contribution is -2.19. The Hall–Kier alpha value is -3.94. The van der Waals surface area contributed by atoms with Crippen LogP contribution in [-0.4, -0.2) is 38.5 Å². The highest BCUT2D eigenvalue weighted by Crippen LogP contribution is 2.30. The number of phenols is 3. The normalized spacial score (nSPS) is 12.7. The molecule has 0 aliphatic rings. The number of aliphatic carboxylic acids is 1. The molecular weight excluding hydrogens is 380 g/mol. The zero-order chi connectivity index (χ0) is 21.6. The quantitative estimate of drug-likeness (QED) is 0.315. The van der Waals surface area contributed by atoms with Gasteiger partial charge in [0.2, 0.25) is 0 Å². The predicted octanol–water partition coefficient (Wildman–Crippen LogP) is 2.38. The molecule has 2 rings (SSSR count). The molecule has 29 heavy (non-hydrogen) atoms. The van der Waals surface area contributed by atoms with E-state index in [9.17, 15) is 30.0 Å². The highest BCUT2D eigenvalue weighted by atomic mass is 16.5. The monoisotopic (exact) mass is 399 g/mol. The maximum Gasteiger partial charge on any atom is 0.331 e. The molecule has 2 aromatic carbocycles. The fourth-order valence-electron chi connectivity index (χ4n) is 2.55. The van der Waals surface area contributed by atoms with Crippen LogP contribution in [0.25, 0.3) is 11.6 Å². The minimum absolute atomic E-state index is 0.110. The Labute approximate surface area is 166 Å². The topological polar surface area (TPSA) is 147 Å². The third-order valence-corrected chi connectivity index (χ3v) is 3.96. The second-order valence-electron chi connectivity index (χ2n) is 6.04. The molecule has 8 nitrogen and oxygen atoms in total. The maximum absolute atomic E-state index is 12.2. The van der Waals surface area contributed by atoms with E-state index in [2.05, 4.69) is 0 Å². The van der Waals surface area contributed by atoms with Gasteiger partial charge < -0.3 is 30.3 Å². The summed E-state index contributed by atoms with van der Waals surface area (Å²) in [6, 6.07) is 7.52. The van der Waals surface area contributed by atoms with Crippen molar-refractivity contribution in [2.45, 2.75) is 19.4 Å². The number of carboxylic acids is 1. The molecule has 8 heteroatoms. The summed E-state index contributed by atoms with van der Waals surface area (Å²) in [6.45, 7) is 1.68. The minimum atomic E-state index is -1.28. The van der Waals surface area contributed by atoms with Crippen LogP contribution in [0.3, 0.4) is 0 Å². The van der Waals surface area contributed by atoms with Crippen molar-refractivity contribution in [3.05, 3.63) is 59.7 Å². The van der Waals surface area contributed by atoms with Crippen molar-refractivity contribution in [3.8, 4) is 23.0 Å². The van der Waals surface area contributed by atoms with Gasteiger partial charge in [-0.3, -0.25) is 0 Å². The van der Waals surface area contributed by atoms with Crippen LogP contribution in [0.1, 0.15) is 24.5 Å². The molecule has 0 fully saturated rings. The third-order valence-electron chi connectivity index (χ3n) is 3.96. The van der Waals surface area contributed by atoms with Crippen LogP contribution in [0.15, 0.2) is 48.6 Å². The average Bonchev–Trinajstić information content (AvgIpc) is 2.67. The number of carbonyl (C=O) groups is 2. The van der Waals surface area contributed by atoms with Crippen LogP contribution < -0.4 is 5.11 Å². The molecule has 0 radical (unpaired) electrons. The zero-order valence-electron chi connectivity index (χ0n) is 15.4. The summed E-state index contributed by atoms with van der Waals surface area (Å²) in [4.78, 5) is 23.4. The van der Waals surface area contributed by atoms with Gasteiger partial charge in [-0.05, 0) is 41.8 Å². The van der Waals surface area contributed by atoms with Crippen molar-refractivity contribution in [1.82, 2.24) is 0 Å². The molecule has 0 aliphatic carbocycles. The number of hydrogen-bond donors (Lipinski definition) is 4. The molecule has 0 spiro atoms. The highest BCUT2D eigenvalue weighted by Gasteiger charge is 2.20. The van der Waals surface area contributed by atoms with Crippen molar-refractivity contribution >= 4 is 23.6 Å². The van der Waals surface area contributed by atoms with Crippen LogP contribution in [0.4, 0.5) is 0 Å². The second kappa shape index (κ2) is 9.32. The summed E-state index contributed by atoms with van der Waals surface area (Å²) < 4.78 is 5.33. The Morgan fingerprint density at radius 2 is 1.79 bits per heavy atom. The van der Waals surface area contributed by atoms with Gasteiger partial charge in [0.05, 0.1) is 0 Å². The SMILES string of the molecule is CCC(OC(=O)/C=C/c1ccc(O)c(O)c1)/C(=C/C(=O)O)c1ccc([O-])c(O)c1. The van der Waals surface area contributed by atoms with Gasteiger partial charge in [-0.25, -0.2) is 9.59 Å². The van der Waals surface area contributed by atoms with Gasteiger partial charge in [0.1, 0.15) is 11.9 Å². The Balaban J connectivity index is 2.24. The van der Waals surface area contributed by atoms with Gasteiger partial charge in [-0.1, -0.05) is 30.9 Å². The summed E-state index contributed by atoms with van der Waals surface area (Å²) in [5, 5.41) is 48.9. The molecule has 1 unspecified atom stereocenters. The first-order valence-electron chi connectivity index (χ1n) is 8.56. The van der Waals surface area contributed by atoms with Crippen molar-refractivity contribution in [2.24, 2.45) is 0 Å². The van der Waals surface area contributed by atoms with Crippen molar-refractivity contribution in [3.63, 3.8) is 0 Å². The summed E-state index contributed by atoms with van der Waals surface area (Å²) >= 11 is 0. The van der Waals surface area contributed by atoms with E-state index in [4.69, 9.17) is 9.84 Å². The summed E-state index contributed by atoms with van der Waals surface area (Å²) in [5.41, 5.74) is 0.776. The van der Waals surface area contributed by atoms with E-state index < -0.39 is 29.5 Å². The molecule has 0 heterocycles. The lowest BCUT2D eigenvalue weighted by atomic mass is 9.97. The van der Waals surface area contributed by atoms with Crippen LogP contribution in [0.5, 0.6) is 23.0 Å². The van der Waals surface area contributed by atoms with E-state index in [0.29, 0.717) is 5.56 Å². The summed E-state index contributed by atoms with van der Waals surface area (Å²) in [5.74, 6) is -3.87. The highest BCUT2D eigenvalue weighted by molar-refractivity contribution is 5.93. The number of benzene rings is 2. The Morgan fingerprint density at radius 1 is 1.07 bits per heavy atom. The van der Waals surface area contributed by atoms with Crippen molar-refractivity contribution < 1.29 is 39.9 Å². The molecule has 152 valence electrons. The largest absolute Gasteiger partial charge is 0.870 e. The first kappa shape index (κ1) is 21.4. The number of phenolic OH excluding ortho intramolecular Hbond substituents is 3. The molecule has 2 aromatic rings. The molecule has 0 amide bonds. The number of hydrogen-bond acceptors (Lipinski definition) is 7. The fourth-order valence-corrected chi connectivity index (χ4v) is 2.55. The van der Waals surface area contributed by atoms with Crippen LogP contribution in [0.2, 0.25) is 0 Å². The Morgan fingerprint density at radius 3 is 2.38 bits per heavy atom. The van der Waals surface area contributed by atoms with E-state index >= 15 is 0 Å². The molecule has 0 aromatic heterocycles. The number of aromatic hydroxyl groups is 3. The molecule has 1 atom stereocenters. The number of esters is 1. The lowest BCUT2D eigenvalue weighted by molar-refractivity contribution is -0.270. The van der Waals surface area contributed by atoms with E-state index in [-0.39, 0.29) is 29.1 Å². The van der Waals surface area contributed by atoms with Crippen molar-refractivity contribution in [1.29, 1.82) is 0 Å². The molecule has 0 saturated carbocycles. The van der Waals surface area contributed by atoms with Crippen LogP contribution in [0, 0.1) is 0 Å². The Kier molecular flexibility index (Phi) is 6.86. The molecule has 0 bridgehead atoms. The van der Waals surface area contributed by atoms with E-state index in [1.165, 1.54) is 30.3 Å². The smallest absolute Gasteiger partial charge is 0.331 e. The summed E-state index contributed by atoms with van der Waals surface area (Å²) in [6.07, 6.45) is 2.58. The number of ether oxygens (including phenoxy) is 1. The first-order valence-corrected chi connectivity index (χ1v) is 8.56. The zero-order valence-corrected chi connectivity index (χ0v) is 15.4. The van der Waals surface area contributed by atoms with Crippen molar-refractivity contribution in [2.75, 3.05) is 0 Å². The fraction of sp³-hybridized carbons (Fsp3) is 0.143. The lowest BCUT2D eigenvalue weighted by Gasteiger charge is -2.20. The van der Waals surface area contributed by atoms with Crippen LogP contribution in [-0.2, 0) is 14.3 Å². The van der Waals surface area contributed by atoms with Crippen LogP contribution >= 0.6 is 0 Å². The van der Waals surface area contributed by atoms with E-state index in [0.717, 1.165) is 24.3 Å². The minimum Gasteiger partial charge on any atom is -0.870 e. The molecular formula is C21H19O8-. The van der Waals surface area contributed by atoms with Gasteiger partial charge in [-0.15, -0.1) is 0 Å². The molecule has 4 N–H and O–H groups in total. The second-order valence-corrected chi connectivity index (χ2v) is 6.04. The average molecular weight is 399 g/mol. The van der Waals surface area contributed by atoms with E-state index in [1.54, 1.807) is 6.92 Å². The first-order chi connectivity index (χ1) is 13.7. The predicted molar refractivity (Wildman–Crippen MR) is 102 cm³/mol. The van der Waals surface area contributed by atoms with Gasteiger partial charge >= 0.3 is 11.9 Å². The summed E-state index contributed by atoms with van der Waals surface area (Å²) in [7, 11) is 0. The Bertz CT molecular complexity index is 975. The van der Waals surface area contributed by atoms with Gasteiger partial charge in [0.25, 0.3) is 0 Å². The number of rotatable bonds is 7. The molecule has 0 saturated heterocycles. The maximum atomic E-state index is 12.2. The van der Waals surface area contributed by atoms with Gasteiger partial charge in [0.15, 0.2) is 11.5 Å². The van der Waals surface area contributed by atoms with Gasteiger partial charge in [0, 0.05) is 17.7 Å². The number of carbonyl (C=O) groups excluding carboxylic acids is 1. The third kappa shape index (κ3) is 5.77. The number of carboxylic acid groups (broad SMARTS) is 1.